The molecule has 2 atom stereocenters. The first-order chi connectivity index (χ1) is 9.37. The van der Waals surface area contributed by atoms with Crippen molar-refractivity contribution in [1.82, 2.24) is 4.31 Å². The molecule has 0 N–H and O–H groups in total. The highest BCUT2D eigenvalue weighted by atomic mass is 35.5. The second-order valence-electron chi connectivity index (χ2n) is 5.78. The van der Waals surface area contributed by atoms with Gasteiger partial charge in [-0.15, -0.1) is 11.6 Å². The molecule has 1 aromatic rings. The fraction of sp³-hybridized carbons (Fsp3) is 0.600. The lowest BCUT2D eigenvalue weighted by Crippen LogP contribution is -2.45. The largest absolute Gasteiger partial charge is 0.243 e. The maximum absolute atomic E-state index is 12.9. The smallest absolute Gasteiger partial charge is 0.207 e. The van der Waals surface area contributed by atoms with Gasteiger partial charge in [0, 0.05) is 18.5 Å². The van der Waals surface area contributed by atoms with Crippen LogP contribution in [0.5, 0.6) is 0 Å². The molecule has 0 amide bonds. The summed E-state index contributed by atoms with van der Waals surface area (Å²) in [6.45, 7) is 6.54. The van der Waals surface area contributed by atoms with E-state index in [0.29, 0.717) is 23.2 Å². The SMILES string of the molecule is Cc1c(CCl)cccc1S(=O)(=O)N1CC(C)CCC1C. The van der Waals surface area contributed by atoms with Crippen LogP contribution in [0, 0.1) is 12.8 Å². The fourth-order valence-corrected chi connectivity index (χ4v) is 5.13. The van der Waals surface area contributed by atoms with Crippen molar-refractivity contribution >= 4 is 21.6 Å². The highest BCUT2D eigenvalue weighted by molar-refractivity contribution is 7.89. The zero-order valence-corrected chi connectivity index (χ0v) is 13.8. The molecule has 0 saturated carbocycles. The molecule has 0 bridgehead atoms. The fourth-order valence-electron chi connectivity index (χ4n) is 2.79. The van der Waals surface area contributed by atoms with Gasteiger partial charge in [-0.05, 0) is 49.8 Å². The number of sulfonamides is 1. The van der Waals surface area contributed by atoms with Crippen LogP contribution in [-0.2, 0) is 15.9 Å². The molecule has 1 heterocycles. The number of hydrogen-bond donors (Lipinski definition) is 0. The summed E-state index contributed by atoms with van der Waals surface area (Å²) in [5, 5.41) is 0. The number of hydrogen-bond acceptors (Lipinski definition) is 2. The molecule has 3 nitrogen and oxygen atoms in total. The zero-order chi connectivity index (χ0) is 14.9. The topological polar surface area (TPSA) is 37.4 Å². The zero-order valence-electron chi connectivity index (χ0n) is 12.3. The molecule has 1 aliphatic rings. The Kier molecular flexibility index (Phi) is 4.77. The van der Waals surface area contributed by atoms with Crippen molar-refractivity contribution in [2.24, 2.45) is 5.92 Å². The maximum Gasteiger partial charge on any atom is 0.243 e. The van der Waals surface area contributed by atoms with Crippen LogP contribution < -0.4 is 0 Å². The predicted octanol–water partition coefficient (Wildman–Crippen LogP) is 3.54. The first-order valence-electron chi connectivity index (χ1n) is 7.04. The molecule has 0 aromatic heterocycles. The minimum Gasteiger partial charge on any atom is -0.207 e. The van der Waals surface area contributed by atoms with E-state index < -0.39 is 10.0 Å². The third-order valence-corrected chi connectivity index (χ3v) is 6.60. The average molecular weight is 316 g/mol. The lowest BCUT2D eigenvalue weighted by atomic mass is 9.97. The van der Waals surface area contributed by atoms with E-state index in [1.54, 1.807) is 16.4 Å². The molecule has 0 spiro atoms. The van der Waals surface area contributed by atoms with E-state index in [2.05, 4.69) is 6.92 Å². The molecular weight excluding hydrogens is 294 g/mol. The lowest BCUT2D eigenvalue weighted by molar-refractivity contribution is 0.218. The molecule has 0 aliphatic carbocycles. The second-order valence-corrected chi connectivity index (χ2v) is 7.91. The molecule has 1 aliphatic heterocycles. The second kappa shape index (κ2) is 6.04. The Balaban J connectivity index is 2.44. The minimum atomic E-state index is -3.43. The summed E-state index contributed by atoms with van der Waals surface area (Å²) in [7, 11) is -3.43. The number of benzene rings is 1. The van der Waals surface area contributed by atoms with Crippen LogP contribution in [0.1, 0.15) is 37.8 Å². The highest BCUT2D eigenvalue weighted by Gasteiger charge is 2.34. The van der Waals surface area contributed by atoms with Crippen LogP contribution in [0.3, 0.4) is 0 Å². The van der Waals surface area contributed by atoms with Gasteiger partial charge in [0.1, 0.15) is 0 Å². The van der Waals surface area contributed by atoms with E-state index >= 15 is 0 Å². The van der Waals surface area contributed by atoms with Crippen LogP contribution in [0.2, 0.25) is 0 Å². The Morgan fingerprint density at radius 2 is 2.00 bits per heavy atom. The lowest BCUT2D eigenvalue weighted by Gasteiger charge is -2.36. The summed E-state index contributed by atoms with van der Waals surface area (Å²) in [6, 6.07) is 5.40. The van der Waals surface area contributed by atoms with Gasteiger partial charge in [-0.25, -0.2) is 8.42 Å². The Hall–Kier alpha value is -0.580. The summed E-state index contributed by atoms with van der Waals surface area (Å²) >= 11 is 5.88. The third-order valence-electron chi connectivity index (χ3n) is 4.19. The molecule has 1 saturated heterocycles. The normalized spacial score (nSPS) is 24.8. The van der Waals surface area contributed by atoms with Crippen molar-refractivity contribution in [3.8, 4) is 0 Å². The number of alkyl halides is 1. The molecule has 5 heteroatoms. The number of nitrogens with zero attached hydrogens (tertiary/aromatic N) is 1. The molecule has 2 unspecified atom stereocenters. The van der Waals surface area contributed by atoms with Gasteiger partial charge in [0.05, 0.1) is 4.90 Å². The van der Waals surface area contributed by atoms with Crippen molar-refractivity contribution in [2.75, 3.05) is 6.54 Å². The van der Waals surface area contributed by atoms with Crippen molar-refractivity contribution in [1.29, 1.82) is 0 Å². The summed E-state index contributed by atoms with van der Waals surface area (Å²) in [5.41, 5.74) is 1.65. The maximum atomic E-state index is 12.9. The summed E-state index contributed by atoms with van der Waals surface area (Å²) in [6.07, 6.45) is 2.02. The standard InChI is InChI=1S/C15H22ClNO2S/c1-11-7-8-12(2)17(10-11)20(18,19)15-6-4-5-14(9-16)13(15)3/h4-6,11-12H,7-10H2,1-3H3. The van der Waals surface area contributed by atoms with Gasteiger partial charge in [0.25, 0.3) is 0 Å². The van der Waals surface area contributed by atoms with E-state index in [4.69, 9.17) is 11.6 Å². The van der Waals surface area contributed by atoms with Crippen LogP contribution in [-0.4, -0.2) is 25.3 Å². The van der Waals surface area contributed by atoms with Crippen molar-refractivity contribution in [3.05, 3.63) is 29.3 Å². The third kappa shape index (κ3) is 2.87. The number of piperidine rings is 1. The van der Waals surface area contributed by atoms with E-state index in [9.17, 15) is 8.42 Å². The van der Waals surface area contributed by atoms with Gasteiger partial charge in [-0.1, -0.05) is 19.1 Å². The van der Waals surface area contributed by atoms with E-state index in [1.165, 1.54) is 0 Å². The Labute approximate surface area is 127 Å². The highest BCUT2D eigenvalue weighted by Crippen LogP contribution is 2.30. The van der Waals surface area contributed by atoms with Gasteiger partial charge in [0.2, 0.25) is 10.0 Å². The summed E-state index contributed by atoms with van der Waals surface area (Å²) < 4.78 is 27.5. The van der Waals surface area contributed by atoms with E-state index in [1.807, 2.05) is 19.9 Å². The first-order valence-corrected chi connectivity index (χ1v) is 9.01. The van der Waals surface area contributed by atoms with E-state index in [0.717, 1.165) is 24.0 Å². The Morgan fingerprint density at radius 3 is 2.65 bits per heavy atom. The quantitative estimate of drug-likeness (QED) is 0.800. The summed E-state index contributed by atoms with van der Waals surface area (Å²) in [4.78, 5) is 0.400. The van der Waals surface area contributed by atoms with E-state index in [-0.39, 0.29) is 6.04 Å². The van der Waals surface area contributed by atoms with Crippen LogP contribution in [0.15, 0.2) is 23.1 Å². The molecule has 1 aromatic carbocycles. The van der Waals surface area contributed by atoms with Crippen LogP contribution in [0.25, 0.3) is 0 Å². The molecule has 0 radical (unpaired) electrons. The van der Waals surface area contributed by atoms with Gasteiger partial charge in [-0.3, -0.25) is 0 Å². The van der Waals surface area contributed by atoms with Gasteiger partial charge < -0.3 is 0 Å². The molecule has 112 valence electrons. The first kappa shape index (κ1) is 15.8. The molecule has 20 heavy (non-hydrogen) atoms. The van der Waals surface area contributed by atoms with Gasteiger partial charge in [-0.2, -0.15) is 4.31 Å². The van der Waals surface area contributed by atoms with Gasteiger partial charge in [0.15, 0.2) is 0 Å². The molecule has 2 rings (SSSR count). The van der Waals surface area contributed by atoms with Crippen molar-refractivity contribution < 1.29 is 8.42 Å². The minimum absolute atomic E-state index is 0.0651. The Morgan fingerprint density at radius 1 is 1.30 bits per heavy atom. The molecule has 1 fully saturated rings. The van der Waals surface area contributed by atoms with Gasteiger partial charge >= 0.3 is 0 Å². The summed E-state index contributed by atoms with van der Waals surface area (Å²) in [5.74, 6) is 0.749. The predicted molar refractivity (Wildman–Crippen MR) is 82.5 cm³/mol. The van der Waals surface area contributed by atoms with Crippen LogP contribution in [0.4, 0.5) is 0 Å². The number of halogens is 1. The Bertz CT molecular complexity index is 586. The number of rotatable bonds is 3. The van der Waals surface area contributed by atoms with Crippen molar-refractivity contribution in [2.45, 2.75) is 50.4 Å². The monoisotopic (exact) mass is 315 g/mol. The van der Waals surface area contributed by atoms with Crippen molar-refractivity contribution in [3.63, 3.8) is 0 Å². The average Bonchev–Trinajstić information content (AvgIpc) is 2.41. The molecular formula is C15H22ClNO2S. The van der Waals surface area contributed by atoms with Crippen LogP contribution >= 0.6 is 11.6 Å².